The number of aryl methyl sites for hydroxylation is 1. The maximum Gasteiger partial charge on any atom is 0.227 e. The molecule has 1 aromatic heterocycles. The van der Waals surface area contributed by atoms with Crippen LogP contribution >= 0.6 is 12.4 Å². The number of nitrogens with one attached hydrogen (secondary N) is 1. The molecule has 6 nitrogen and oxygen atoms in total. The van der Waals surface area contributed by atoms with Crippen molar-refractivity contribution in [2.24, 2.45) is 18.7 Å². The second-order valence-corrected chi connectivity index (χ2v) is 5.96. The average Bonchev–Trinajstić information content (AvgIpc) is 2.94. The maximum absolute atomic E-state index is 12.4. The van der Waals surface area contributed by atoms with Crippen molar-refractivity contribution in [2.45, 2.75) is 31.7 Å². The molecule has 1 saturated carbocycles. The highest BCUT2D eigenvalue weighted by molar-refractivity contribution is 5.93. The number of nitrogens with two attached hydrogens (primary N) is 1. The van der Waals surface area contributed by atoms with Gasteiger partial charge in [0, 0.05) is 30.3 Å². The third-order valence-corrected chi connectivity index (χ3v) is 4.19. The van der Waals surface area contributed by atoms with Crippen LogP contribution in [0.15, 0.2) is 30.6 Å². The number of carbonyl (C=O) groups is 1. The number of carbonyl (C=O) groups excluding carboxylic acids is 1. The predicted molar refractivity (Wildman–Crippen MR) is 92.3 cm³/mol. The minimum atomic E-state index is 0. The average molecular weight is 336 g/mol. The normalized spacial score (nSPS) is 20.6. The van der Waals surface area contributed by atoms with Crippen LogP contribution in [0.5, 0.6) is 0 Å². The number of halogens is 1. The van der Waals surface area contributed by atoms with Crippen LogP contribution < -0.4 is 11.1 Å². The lowest BCUT2D eigenvalue weighted by Crippen LogP contribution is -2.34. The Morgan fingerprint density at radius 1 is 1.39 bits per heavy atom. The molecule has 0 aliphatic heterocycles. The summed E-state index contributed by atoms with van der Waals surface area (Å²) in [5, 5.41) is 11.0. The summed E-state index contributed by atoms with van der Waals surface area (Å²) in [5.74, 6) is 0.850. The van der Waals surface area contributed by atoms with Crippen LogP contribution in [0.1, 0.15) is 25.7 Å². The minimum absolute atomic E-state index is 0. The molecule has 1 amide bonds. The van der Waals surface area contributed by atoms with E-state index >= 15 is 0 Å². The van der Waals surface area contributed by atoms with Gasteiger partial charge in [-0.1, -0.05) is 18.6 Å². The number of hydrogen-bond acceptors (Lipinski definition) is 4. The zero-order valence-electron chi connectivity index (χ0n) is 13.1. The van der Waals surface area contributed by atoms with Crippen molar-refractivity contribution < 1.29 is 4.79 Å². The van der Waals surface area contributed by atoms with Gasteiger partial charge in [0.15, 0.2) is 5.82 Å². The first-order valence-electron chi connectivity index (χ1n) is 7.64. The fraction of sp³-hybridized carbons (Fsp3) is 0.438. The third-order valence-electron chi connectivity index (χ3n) is 4.19. The van der Waals surface area contributed by atoms with Crippen LogP contribution in [-0.2, 0) is 11.8 Å². The van der Waals surface area contributed by atoms with E-state index in [-0.39, 0.29) is 30.3 Å². The maximum atomic E-state index is 12.4. The molecule has 23 heavy (non-hydrogen) atoms. The minimum Gasteiger partial charge on any atom is -0.328 e. The molecule has 0 saturated heterocycles. The first-order chi connectivity index (χ1) is 10.6. The predicted octanol–water partition coefficient (Wildman–Crippen LogP) is 2.36. The second-order valence-electron chi connectivity index (χ2n) is 5.96. The van der Waals surface area contributed by atoms with Crippen molar-refractivity contribution in [2.75, 3.05) is 5.32 Å². The summed E-state index contributed by atoms with van der Waals surface area (Å²) in [6.45, 7) is 0. The van der Waals surface area contributed by atoms with Gasteiger partial charge in [0.2, 0.25) is 5.91 Å². The van der Waals surface area contributed by atoms with Gasteiger partial charge in [-0.3, -0.25) is 4.79 Å². The number of benzene rings is 1. The van der Waals surface area contributed by atoms with Crippen LogP contribution in [0.2, 0.25) is 0 Å². The van der Waals surface area contributed by atoms with Crippen molar-refractivity contribution >= 4 is 24.0 Å². The number of hydrogen-bond donors (Lipinski definition) is 2. The zero-order valence-corrected chi connectivity index (χ0v) is 13.9. The van der Waals surface area contributed by atoms with Gasteiger partial charge < -0.3 is 15.6 Å². The van der Waals surface area contributed by atoms with Crippen LogP contribution in [0, 0.1) is 5.92 Å². The van der Waals surface area contributed by atoms with Crippen molar-refractivity contribution in [3.8, 4) is 11.4 Å². The Morgan fingerprint density at radius 3 is 2.91 bits per heavy atom. The van der Waals surface area contributed by atoms with E-state index in [9.17, 15) is 4.79 Å². The van der Waals surface area contributed by atoms with E-state index in [1.807, 2.05) is 35.9 Å². The molecule has 3 rings (SSSR count). The monoisotopic (exact) mass is 335 g/mol. The SMILES string of the molecule is Cl.Cn1cnnc1-c1cccc(NC(=O)C2CCCC(N)C2)c1. The molecule has 124 valence electrons. The van der Waals surface area contributed by atoms with Gasteiger partial charge in [0.05, 0.1) is 0 Å². The molecule has 1 aliphatic rings. The Hall–Kier alpha value is -1.92. The summed E-state index contributed by atoms with van der Waals surface area (Å²) in [4.78, 5) is 12.4. The van der Waals surface area contributed by atoms with Crippen LogP contribution in [0.25, 0.3) is 11.4 Å². The second kappa shape index (κ2) is 7.57. The fourth-order valence-corrected chi connectivity index (χ4v) is 2.99. The summed E-state index contributed by atoms with van der Waals surface area (Å²) < 4.78 is 1.85. The van der Waals surface area contributed by atoms with E-state index in [2.05, 4.69) is 15.5 Å². The van der Waals surface area contributed by atoms with Crippen LogP contribution in [-0.4, -0.2) is 26.7 Å². The van der Waals surface area contributed by atoms with E-state index < -0.39 is 0 Å². The Kier molecular flexibility index (Phi) is 5.74. The molecule has 0 radical (unpaired) electrons. The Morgan fingerprint density at radius 2 is 2.22 bits per heavy atom. The number of rotatable bonds is 3. The first-order valence-corrected chi connectivity index (χ1v) is 7.64. The Labute approximate surface area is 141 Å². The zero-order chi connectivity index (χ0) is 15.5. The van der Waals surface area contributed by atoms with Crippen molar-refractivity contribution in [1.29, 1.82) is 0 Å². The fourth-order valence-electron chi connectivity index (χ4n) is 2.99. The van der Waals surface area contributed by atoms with Crippen LogP contribution in [0.3, 0.4) is 0 Å². The van der Waals surface area contributed by atoms with E-state index in [1.54, 1.807) is 6.33 Å². The highest BCUT2D eigenvalue weighted by Gasteiger charge is 2.25. The third kappa shape index (κ3) is 4.09. The summed E-state index contributed by atoms with van der Waals surface area (Å²) >= 11 is 0. The van der Waals surface area contributed by atoms with Crippen molar-refractivity contribution in [3.63, 3.8) is 0 Å². The number of nitrogens with zero attached hydrogens (tertiary/aromatic N) is 3. The highest BCUT2D eigenvalue weighted by Crippen LogP contribution is 2.25. The van der Waals surface area contributed by atoms with Crippen molar-refractivity contribution in [3.05, 3.63) is 30.6 Å². The molecule has 3 N–H and O–H groups in total. The molecule has 2 aromatic rings. The highest BCUT2D eigenvalue weighted by atomic mass is 35.5. The molecule has 7 heteroatoms. The lowest BCUT2D eigenvalue weighted by Gasteiger charge is -2.25. The molecule has 2 unspecified atom stereocenters. The van der Waals surface area contributed by atoms with Gasteiger partial charge in [-0.15, -0.1) is 22.6 Å². The standard InChI is InChI=1S/C16H21N5O.ClH/c1-21-10-18-20-15(21)11-4-3-7-14(9-11)19-16(22)12-5-2-6-13(17)8-12;/h3-4,7,9-10,12-13H,2,5-6,8,17H2,1H3,(H,19,22);1H. The van der Waals surface area contributed by atoms with Crippen LogP contribution in [0.4, 0.5) is 5.69 Å². The smallest absolute Gasteiger partial charge is 0.227 e. The lowest BCUT2D eigenvalue weighted by molar-refractivity contribution is -0.120. The summed E-state index contributed by atoms with van der Waals surface area (Å²) in [5.41, 5.74) is 7.67. The summed E-state index contributed by atoms with van der Waals surface area (Å²) in [6, 6.07) is 7.82. The first kappa shape index (κ1) is 17.4. The van der Waals surface area contributed by atoms with Crippen molar-refractivity contribution in [1.82, 2.24) is 14.8 Å². The quantitative estimate of drug-likeness (QED) is 0.901. The molecule has 1 heterocycles. The molecule has 0 spiro atoms. The van der Waals surface area contributed by atoms with E-state index in [1.165, 1.54) is 0 Å². The van der Waals surface area contributed by atoms with E-state index in [0.29, 0.717) is 0 Å². The Bertz CT molecular complexity index is 672. The molecular formula is C16H22ClN5O. The number of anilines is 1. The van der Waals surface area contributed by atoms with Gasteiger partial charge >= 0.3 is 0 Å². The summed E-state index contributed by atoms with van der Waals surface area (Å²) in [6.07, 6.45) is 5.39. The van der Waals surface area contributed by atoms with Gasteiger partial charge in [-0.2, -0.15) is 0 Å². The number of amides is 1. The molecule has 2 atom stereocenters. The summed E-state index contributed by atoms with van der Waals surface area (Å²) in [7, 11) is 1.89. The molecule has 1 aromatic carbocycles. The Balaban J connectivity index is 0.00000192. The molecule has 0 bridgehead atoms. The largest absolute Gasteiger partial charge is 0.328 e. The van der Waals surface area contributed by atoms with Gasteiger partial charge in [-0.25, -0.2) is 0 Å². The van der Waals surface area contributed by atoms with Gasteiger partial charge in [0.1, 0.15) is 6.33 Å². The van der Waals surface area contributed by atoms with Gasteiger partial charge in [0.25, 0.3) is 0 Å². The number of aromatic nitrogens is 3. The van der Waals surface area contributed by atoms with Gasteiger partial charge in [-0.05, 0) is 31.4 Å². The van der Waals surface area contributed by atoms with E-state index in [0.717, 1.165) is 42.8 Å². The molecule has 1 fully saturated rings. The molecule has 1 aliphatic carbocycles. The topological polar surface area (TPSA) is 85.8 Å². The molecular weight excluding hydrogens is 314 g/mol. The lowest BCUT2D eigenvalue weighted by atomic mass is 9.85. The van der Waals surface area contributed by atoms with E-state index in [4.69, 9.17) is 5.73 Å².